The average molecular weight is 405 g/mol. The summed E-state index contributed by atoms with van der Waals surface area (Å²) < 4.78 is 0. The largest absolute Gasteiger partial charge is 0.384 e. The molecule has 1 saturated heterocycles. The maximum Gasteiger partial charge on any atom is 0.264 e. The highest BCUT2D eigenvalue weighted by molar-refractivity contribution is 6.24. The molecule has 2 heterocycles. The van der Waals surface area contributed by atoms with Gasteiger partial charge < -0.3 is 21.3 Å². The van der Waals surface area contributed by atoms with E-state index in [1.807, 2.05) is 6.07 Å². The molecule has 0 spiro atoms. The highest BCUT2D eigenvalue weighted by atomic mass is 16.3. The van der Waals surface area contributed by atoms with Gasteiger partial charge in [-0.25, -0.2) is 0 Å². The van der Waals surface area contributed by atoms with E-state index in [2.05, 4.69) is 10.6 Å². The van der Waals surface area contributed by atoms with E-state index in [1.54, 1.807) is 12.1 Å². The summed E-state index contributed by atoms with van der Waals surface area (Å²) in [7, 11) is 0. The van der Waals surface area contributed by atoms with Crippen LogP contribution >= 0.6 is 0 Å². The number of carbonyl (C=O) groups excluding carboxylic acids is 2. The van der Waals surface area contributed by atoms with Gasteiger partial charge in [-0.1, -0.05) is 31.7 Å². The smallest absolute Gasteiger partial charge is 0.264 e. The third-order valence-corrected chi connectivity index (χ3v) is 5.69. The molecule has 0 radical (unpaired) electrons. The van der Waals surface area contributed by atoms with Crippen LogP contribution in [0.15, 0.2) is 18.2 Å². The summed E-state index contributed by atoms with van der Waals surface area (Å²) in [5.74, 6) is -0.784. The minimum atomic E-state index is -1.14. The maximum absolute atomic E-state index is 13.0. The van der Waals surface area contributed by atoms with Crippen molar-refractivity contribution in [2.24, 2.45) is 5.73 Å². The molecular formula is C21H32N4O4. The predicted octanol–water partition coefficient (Wildman–Crippen LogP) is 1.38. The zero-order valence-corrected chi connectivity index (χ0v) is 16.8. The lowest BCUT2D eigenvalue weighted by Crippen LogP contribution is -2.58. The van der Waals surface area contributed by atoms with E-state index >= 15 is 0 Å². The van der Waals surface area contributed by atoms with E-state index in [0.717, 1.165) is 43.7 Å². The number of nitrogens with zero attached hydrogens (tertiary/aromatic N) is 1. The number of nitrogens with two attached hydrogens (primary N) is 1. The summed E-state index contributed by atoms with van der Waals surface area (Å²) in [6.45, 7) is 1.48. The molecular weight excluding hydrogens is 372 g/mol. The topological polar surface area (TPSA) is 128 Å². The van der Waals surface area contributed by atoms with Gasteiger partial charge in [-0.15, -0.1) is 0 Å². The number of unbranched alkanes of at least 4 members (excludes halogenated alkanes) is 5. The summed E-state index contributed by atoms with van der Waals surface area (Å²) >= 11 is 0. The first-order valence-corrected chi connectivity index (χ1v) is 10.6. The molecule has 8 heteroatoms. The summed E-state index contributed by atoms with van der Waals surface area (Å²) in [6, 6.07) is 4.54. The second kappa shape index (κ2) is 10.2. The van der Waals surface area contributed by atoms with Crippen LogP contribution in [0, 0.1) is 0 Å². The molecule has 2 aliphatic rings. The molecule has 160 valence electrons. The number of fused-ring (bicyclic) bond motifs is 1. The van der Waals surface area contributed by atoms with Gasteiger partial charge in [-0.2, -0.15) is 0 Å². The molecule has 29 heavy (non-hydrogen) atoms. The van der Waals surface area contributed by atoms with Gasteiger partial charge in [0, 0.05) is 12.2 Å². The number of anilines is 1. The van der Waals surface area contributed by atoms with Gasteiger partial charge in [0.05, 0.1) is 17.2 Å². The van der Waals surface area contributed by atoms with E-state index < -0.39 is 30.3 Å². The van der Waals surface area contributed by atoms with Crippen LogP contribution in [0.5, 0.6) is 0 Å². The van der Waals surface area contributed by atoms with Gasteiger partial charge in [0.1, 0.15) is 12.5 Å². The van der Waals surface area contributed by atoms with Crippen molar-refractivity contribution >= 4 is 17.5 Å². The highest BCUT2D eigenvalue weighted by Gasteiger charge is 2.45. The lowest BCUT2D eigenvalue weighted by molar-refractivity contribution is -0.0413. The second-order valence-corrected chi connectivity index (χ2v) is 7.82. The number of amides is 2. The monoisotopic (exact) mass is 404 g/mol. The van der Waals surface area contributed by atoms with E-state index in [4.69, 9.17) is 5.73 Å². The molecule has 3 atom stereocenters. The Labute approximate surface area is 171 Å². The lowest BCUT2D eigenvalue weighted by Gasteiger charge is -2.36. The number of aliphatic hydroxyl groups is 2. The molecule has 0 bridgehead atoms. The predicted molar refractivity (Wildman–Crippen MR) is 110 cm³/mol. The minimum Gasteiger partial charge on any atom is -0.384 e. The Kier molecular flexibility index (Phi) is 7.60. The molecule has 0 aromatic heterocycles. The number of rotatable bonds is 10. The van der Waals surface area contributed by atoms with Crippen molar-refractivity contribution < 1.29 is 19.8 Å². The Bertz CT molecular complexity index is 727. The van der Waals surface area contributed by atoms with E-state index in [1.165, 1.54) is 12.8 Å². The van der Waals surface area contributed by atoms with Crippen molar-refractivity contribution in [3.05, 3.63) is 29.3 Å². The summed E-state index contributed by atoms with van der Waals surface area (Å²) in [6.07, 6.45) is 5.44. The molecule has 3 rings (SSSR count). The maximum atomic E-state index is 13.0. The van der Waals surface area contributed by atoms with Crippen LogP contribution in [-0.2, 0) is 0 Å². The minimum absolute atomic E-state index is 0.355. The molecule has 3 unspecified atom stereocenters. The summed E-state index contributed by atoms with van der Waals surface area (Å²) in [5, 5.41) is 25.7. The van der Waals surface area contributed by atoms with Gasteiger partial charge in [0.25, 0.3) is 11.8 Å². The standard InChI is InChI=1S/C21H32N4O4/c22-12-5-3-1-2-4-6-13-23-15-9-7-8-14-18(15)21(29)25(20(14)28)16-10-11-17(26)24-19(16)27/h7-9,16-17,19,23-24,26-27H,1-6,10-13,22H2. The SMILES string of the molecule is NCCCCCCCCNc1cccc2c1C(=O)N(C1CCC(O)NC1O)C2=O. The fraction of sp³-hybridized carbons (Fsp3) is 0.619. The number of carbonyl (C=O) groups is 2. The number of hydrogen-bond acceptors (Lipinski definition) is 7. The molecule has 1 fully saturated rings. The number of piperidine rings is 1. The Balaban J connectivity index is 1.60. The molecule has 6 N–H and O–H groups in total. The normalized spacial score (nSPS) is 24.1. The number of hydrogen-bond donors (Lipinski definition) is 5. The van der Waals surface area contributed by atoms with Crippen LogP contribution in [0.2, 0.25) is 0 Å². The zero-order chi connectivity index (χ0) is 20.8. The first-order chi connectivity index (χ1) is 14.0. The van der Waals surface area contributed by atoms with Crippen molar-refractivity contribution in [2.75, 3.05) is 18.4 Å². The summed E-state index contributed by atoms with van der Waals surface area (Å²) in [4.78, 5) is 27.0. The molecule has 1 aromatic carbocycles. The third-order valence-electron chi connectivity index (χ3n) is 5.69. The average Bonchev–Trinajstić information content (AvgIpc) is 2.95. The molecule has 0 saturated carbocycles. The van der Waals surface area contributed by atoms with Crippen molar-refractivity contribution in [1.82, 2.24) is 10.2 Å². The van der Waals surface area contributed by atoms with E-state index in [9.17, 15) is 19.8 Å². The molecule has 1 aromatic rings. The first-order valence-electron chi connectivity index (χ1n) is 10.6. The van der Waals surface area contributed by atoms with Crippen LogP contribution in [0.25, 0.3) is 0 Å². The molecule has 2 amide bonds. The van der Waals surface area contributed by atoms with Gasteiger partial charge in [-0.3, -0.25) is 19.8 Å². The quantitative estimate of drug-likeness (QED) is 0.294. The van der Waals surface area contributed by atoms with Gasteiger partial charge in [0.15, 0.2) is 0 Å². The number of benzene rings is 1. The first kappa shape index (κ1) is 21.7. The van der Waals surface area contributed by atoms with Crippen molar-refractivity contribution in [3.8, 4) is 0 Å². The van der Waals surface area contributed by atoms with Crippen molar-refractivity contribution in [1.29, 1.82) is 0 Å². The van der Waals surface area contributed by atoms with Crippen LogP contribution in [0.4, 0.5) is 5.69 Å². The van der Waals surface area contributed by atoms with Crippen LogP contribution < -0.4 is 16.4 Å². The molecule has 2 aliphatic heterocycles. The molecule has 0 aliphatic carbocycles. The highest BCUT2D eigenvalue weighted by Crippen LogP contribution is 2.33. The van der Waals surface area contributed by atoms with Crippen molar-refractivity contribution in [2.45, 2.75) is 69.9 Å². The Morgan fingerprint density at radius 1 is 1.03 bits per heavy atom. The van der Waals surface area contributed by atoms with Crippen LogP contribution in [0.3, 0.4) is 0 Å². The van der Waals surface area contributed by atoms with E-state index in [-0.39, 0.29) is 0 Å². The number of nitrogens with one attached hydrogen (secondary N) is 2. The number of aliphatic hydroxyl groups excluding tert-OH is 2. The fourth-order valence-electron chi connectivity index (χ4n) is 4.10. The zero-order valence-electron chi connectivity index (χ0n) is 16.8. The van der Waals surface area contributed by atoms with E-state index in [0.29, 0.717) is 29.7 Å². The van der Waals surface area contributed by atoms with Gasteiger partial charge in [0.2, 0.25) is 0 Å². The molecule has 8 nitrogen and oxygen atoms in total. The lowest BCUT2D eigenvalue weighted by atomic mass is 10.0. The van der Waals surface area contributed by atoms with Gasteiger partial charge >= 0.3 is 0 Å². The van der Waals surface area contributed by atoms with Gasteiger partial charge in [-0.05, 0) is 44.4 Å². The second-order valence-electron chi connectivity index (χ2n) is 7.82. The van der Waals surface area contributed by atoms with Crippen molar-refractivity contribution in [3.63, 3.8) is 0 Å². The van der Waals surface area contributed by atoms with Crippen LogP contribution in [-0.4, -0.2) is 58.5 Å². The Hall–Kier alpha value is -2.00. The number of imide groups is 1. The Morgan fingerprint density at radius 3 is 2.48 bits per heavy atom. The summed E-state index contributed by atoms with van der Waals surface area (Å²) in [5.41, 5.74) is 6.89. The third kappa shape index (κ3) is 4.95. The van der Waals surface area contributed by atoms with Crippen LogP contribution in [0.1, 0.15) is 72.1 Å². The Morgan fingerprint density at radius 2 is 1.76 bits per heavy atom. The fourth-order valence-corrected chi connectivity index (χ4v) is 4.10.